The Morgan fingerprint density at radius 2 is 1.68 bits per heavy atom. The highest BCUT2D eigenvalue weighted by Gasteiger charge is 2.34. The van der Waals surface area contributed by atoms with Gasteiger partial charge in [0.2, 0.25) is 5.91 Å². The molecule has 0 N–H and O–H groups in total. The molecule has 1 fully saturated rings. The number of carbonyl (C=O) groups is 1. The third kappa shape index (κ3) is 4.72. The second-order valence-electron chi connectivity index (χ2n) is 7.01. The number of para-hydroxylation sites is 1. The summed E-state index contributed by atoms with van der Waals surface area (Å²) in [6, 6.07) is 16.7. The molecule has 1 saturated heterocycles. The first kappa shape index (κ1) is 20.4. The van der Waals surface area contributed by atoms with Crippen molar-refractivity contribution in [1.29, 1.82) is 0 Å². The Balaban J connectivity index is 1.84. The Morgan fingerprint density at radius 1 is 1.07 bits per heavy atom. The van der Waals surface area contributed by atoms with Crippen molar-refractivity contribution in [3.05, 3.63) is 65.7 Å². The lowest BCUT2D eigenvalue weighted by atomic mass is 10.0. The fraction of sp³-hybridized carbons (Fsp3) is 0.381. The molecule has 1 heterocycles. The monoisotopic (exact) mass is 402 g/mol. The minimum Gasteiger partial charge on any atom is -0.496 e. The molecule has 0 saturated carbocycles. The van der Waals surface area contributed by atoms with Crippen LogP contribution in [0.4, 0.5) is 0 Å². The molecule has 1 aliphatic heterocycles. The van der Waals surface area contributed by atoms with Crippen LogP contribution in [0.3, 0.4) is 0 Å². The Hall–Kier alpha value is -2.38. The molecular formula is C21H26N2O4S. The maximum atomic E-state index is 13.4. The third-order valence-corrected chi connectivity index (χ3v) is 6.68. The molecule has 7 heteroatoms. The van der Waals surface area contributed by atoms with Crippen LogP contribution in [0.5, 0.6) is 5.75 Å². The quantitative estimate of drug-likeness (QED) is 0.741. The van der Waals surface area contributed by atoms with Gasteiger partial charge < -0.3 is 9.64 Å². The van der Waals surface area contributed by atoms with Crippen molar-refractivity contribution >= 4 is 15.7 Å². The van der Waals surface area contributed by atoms with E-state index in [-0.39, 0.29) is 17.4 Å². The molecule has 150 valence electrons. The smallest absolute Gasteiger partial charge is 0.244 e. The summed E-state index contributed by atoms with van der Waals surface area (Å²) in [5, 5.41) is 0. The largest absolute Gasteiger partial charge is 0.496 e. The molecular weight excluding hydrogens is 376 g/mol. The SMILES string of the molecule is COc1ccccc1CN(C)C(=O)C(c1ccccc1)N1CCS(=O)(=O)CC1. The van der Waals surface area contributed by atoms with Crippen molar-refractivity contribution in [2.24, 2.45) is 0 Å². The minimum atomic E-state index is -3.02. The topological polar surface area (TPSA) is 66.9 Å². The number of hydrogen-bond acceptors (Lipinski definition) is 5. The highest BCUT2D eigenvalue weighted by molar-refractivity contribution is 7.91. The number of likely N-dealkylation sites (N-methyl/N-ethyl adjacent to an activating group) is 1. The van der Waals surface area contributed by atoms with E-state index >= 15 is 0 Å². The van der Waals surface area contributed by atoms with Crippen LogP contribution in [0, 0.1) is 0 Å². The average Bonchev–Trinajstić information content (AvgIpc) is 2.70. The number of sulfone groups is 1. The number of benzene rings is 2. The van der Waals surface area contributed by atoms with E-state index < -0.39 is 15.9 Å². The summed E-state index contributed by atoms with van der Waals surface area (Å²) in [7, 11) is 0.364. The van der Waals surface area contributed by atoms with Gasteiger partial charge in [0.05, 0.1) is 18.6 Å². The lowest BCUT2D eigenvalue weighted by Crippen LogP contribution is -2.47. The van der Waals surface area contributed by atoms with Crippen molar-refractivity contribution in [2.75, 3.05) is 38.8 Å². The van der Waals surface area contributed by atoms with Crippen molar-refractivity contribution < 1.29 is 17.9 Å². The maximum Gasteiger partial charge on any atom is 0.244 e. The van der Waals surface area contributed by atoms with Crippen LogP contribution >= 0.6 is 0 Å². The summed E-state index contributed by atoms with van der Waals surface area (Å²) < 4.78 is 29.1. The van der Waals surface area contributed by atoms with E-state index in [1.807, 2.05) is 59.5 Å². The normalized spacial score (nSPS) is 17.6. The van der Waals surface area contributed by atoms with Crippen LogP contribution in [0.25, 0.3) is 0 Å². The zero-order valence-electron chi connectivity index (χ0n) is 16.2. The molecule has 0 aliphatic carbocycles. The van der Waals surface area contributed by atoms with E-state index in [1.165, 1.54) is 0 Å². The molecule has 0 aromatic heterocycles. The number of amides is 1. The molecule has 1 atom stereocenters. The van der Waals surface area contributed by atoms with Gasteiger partial charge in [0.15, 0.2) is 9.84 Å². The second kappa shape index (κ2) is 8.75. The minimum absolute atomic E-state index is 0.0589. The summed E-state index contributed by atoms with van der Waals surface area (Å²) in [6.45, 7) is 1.13. The van der Waals surface area contributed by atoms with E-state index in [0.717, 1.165) is 16.9 Å². The third-order valence-electron chi connectivity index (χ3n) is 5.07. The predicted molar refractivity (Wildman–Crippen MR) is 109 cm³/mol. The van der Waals surface area contributed by atoms with Gasteiger partial charge in [-0.2, -0.15) is 0 Å². The summed E-state index contributed by atoms with van der Waals surface area (Å²) in [5.74, 6) is 0.846. The zero-order chi connectivity index (χ0) is 20.1. The van der Waals surface area contributed by atoms with Crippen molar-refractivity contribution in [3.8, 4) is 5.75 Å². The fourth-order valence-electron chi connectivity index (χ4n) is 3.51. The number of rotatable bonds is 6. The van der Waals surface area contributed by atoms with E-state index in [4.69, 9.17) is 4.74 Å². The molecule has 6 nitrogen and oxygen atoms in total. The van der Waals surface area contributed by atoms with E-state index in [1.54, 1.807) is 19.1 Å². The summed E-state index contributed by atoms with van der Waals surface area (Å²) in [5.41, 5.74) is 1.80. The Kier molecular flexibility index (Phi) is 6.36. The van der Waals surface area contributed by atoms with Crippen LogP contribution in [0.2, 0.25) is 0 Å². The molecule has 2 aromatic rings. The van der Waals surface area contributed by atoms with Crippen LogP contribution < -0.4 is 4.74 Å². The van der Waals surface area contributed by atoms with Crippen LogP contribution in [-0.4, -0.2) is 62.9 Å². The van der Waals surface area contributed by atoms with Gasteiger partial charge in [-0.1, -0.05) is 48.5 Å². The number of nitrogens with zero attached hydrogens (tertiary/aromatic N) is 2. The van der Waals surface area contributed by atoms with Gasteiger partial charge in [0, 0.05) is 32.2 Å². The van der Waals surface area contributed by atoms with Gasteiger partial charge in [-0.15, -0.1) is 0 Å². The van der Waals surface area contributed by atoms with Gasteiger partial charge in [0.25, 0.3) is 0 Å². The van der Waals surface area contributed by atoms with Gasteiger partial charge in [-0.05, 0) is 11.6 Å². The molecule has 1 unspecified atom stereocenters. The summed E-state index contributed by atoms with van der Waals surface area (Å²) in [6.07, 6.45) is 0. The number of ether oxygens (including phenoxy) is 1. The number of carbonyl (C=O) groups excluding carboxylic acids is 1. The lowest BCUT2D eigenvalue weighted by Gasteiger charge is -2.36. The van der Waals surface area contributed by atoms with Crippen LogP contribution in [0.1, 0.15) is 17.2 Å². The first-order valence-electron chi connectivity index (χ1n) is 9.27. The fourth-order valence-corrected chi connectivity index (χ4v) is 4.73. The first-order valence-corrected chi connectivity index (χ1v) is 11.1. The number of hydrogen-bond donors (Lipinski definition) is 0. The molecule has 2 aromatic carbocycles. The van der Waals surface area contributed by atoms with Gasteiger partial charge in [0.1, 0.15) is 11.8 Å². The molecule has 3 rings (SSSR count). The first-order chi connectivity index (χ1) is 13.4. The predicted octanol–water partition coefficient (Wildman–Crippen LogP) is 2.13. The Morgan fingerprint density at radius 3 is 2.32 bits per heavy atom. The van der Waals surface area contributed by atoms with Gasteiger partial charge in [-0.3, -0.25) is 9.69 Å². The van der Waals surface area contributed by atoms with Gasteiger partial charge in [-0.25, -0.2) is 8.42 Å². The molecule has 1 aliphatic rings. The van der Waals surface area contributed by atoms with E-state index in [0.29, 0.717) is 19.6 Å². The van der Waals surface area contributed by atoms with Crippen molar-refractivity contribution in [2.45, 2.75) is 12.6 Å². The Bertz CT molecular complexity index is 901. The van der Waals surface area contributed by atoms with Crippen LogP contribution in [-0.2, 0) is 21.2 Å². The zero-order valence-corrected chi connectivity index (χ0v) is 17.1. The second-order valence-corrected chi connectivity index (χ2v) is 9.31. The molecule has 1 amide bonds. The highest BCUT2D eigenvalue weighted by Crippen LogP contribution is 2.26. The van der Waals surface area contributed by atoms with E-state index in [9.17, 15) is 13.2 Å². The molecule has 28 heavy (non-hydrogen) atoms. The lowest BCUT2D eigenvalue weighted by molar-refractivity contribution is -0.136. The van der Waals surface area contributed by atoms with Crippen molar-refractivity contribution in [1.82, 2.24) is 9.80 Å². The number of methoxy groups -OCH3 is 1. The molecule has 0 bridgehead atoms. The van der Waals surface area contributed by atoms with Crippen LogP contribution in [0.15, 0.2) is 54.6 Å². The standard InChI is InChI=1S/C21H26N2O4S/c1-22(16-18-10-6-7-11-19(18)27-2)21(24)20(17-8-4-3-5-9-17)23-12-14-28(25,26)15-13-23/h3-11,20H,12-16H2,1-2H3. The van der Waals surface area contributed by atoms with E-state index in [2.05, 4.69) is 0 Å². The highest BCUT2D eigenvalue weighted by atomic mass is 32.2. The summed E-state index contributed by atoms with van der Waals surface area (Å²) >= 11 is 0. The van der Waals surface area contributed by atoms with Crippen molar-refractivity contribution in [3.63, 3.8) is 0 Å². The van der Waals surface area contributed by atoms with Gasteiger partial charge >= 0.3 is 0 Å². The summed E-state index contributed by atoms with van der Waals surface area (Å²) in [4.78, 5) is 17.1. The maximum absolute atomic E-state index is 13.4. The molecule has 0 spiro atoms. The Labute approximate surface area is 166 Å². The molecule has 0 radical (unpaired) electrons. The average molecular weight is 403 g/mol.